The van der Waals surface area contributed by atoms with Crippen molar-refractivity contribution < 1.29 is 8.83 Å². The number of hydrogen-bond donors (Lipinski definition) is 0. The summed E-state index contributed by atoms with van der Waals surface area (Å²) in [6.45, 7) is 0. The molecule has 16 rings (SSSR count). The van der Waals surface area contributed by atoms with E-state index in [0.29, 0.717) is 11.8 Å². The third kappa shape index (κ3) is 9.42. The highest BCUT2D eigenvalue weighted by Gasteiger charge is 2.25. The van der Waals surface area contributed by atoms with Gasteiger partial charge in [-0.15, -0.1) is 0 Å². The number of anilines is 6. The molecule has 0 radical (unpaired) electrons. The summed E-state index contributed by atoms with van der Waals surface area (Å²) in [4.78, 5) is 15.0. The summed E-state index contributed by atoms with van der Waals surface area (Å²) in [7, 11) is 0. The summed E-state index contributed by atoms with van der Waals surface area (Å²) in [5.41, 5.74) is 22.4. The normalized spacial score (nSPS) is 11.4. The fraction of sp³-hybridized carbons (Fsp3) is 0. The molecule has 0 saturated carbocycles. The average Bonchev–Trinajstić information content (AvgIpc) is 3.57. The van der Waals surface area contributed by atoms with Crippen molar-refractivity contribution in [1.82, 2.24) is 9.97 Å². The van der Waals surface area contributed by atoms with Crippen molar-refractivity contribution in [3.8, 4) is 78.5 Å². The van der Waals surface area contributed by atoms with E-state index in [0.717, 1.165) is 134 Å². The molecule has 0 unspecified atom stereocenters. The van der Waals surface area contributed by atoms with Crippen LogP contribution in [0.4, 0.5) is 34.1 Å². The van der Waals surface area contributed by atoms with E-state index >= 15 is 0 Å². The lowest BCUT2D eigenvalue weighted by Crippen LogP contribution is -2.12. The molecule has 0 amide bonds. The SMILES string of the molecule is c1ccc(-c2ccc(N(c3ccccc3-c3ccccc3-c3ccc(-c4nc5ccc6c(N(c7ccc(-c8ccccc8)cc7)c7ccccc7-c7ccccc7)cccc6c5o4)cc3)c3cccc4c3ccc3oc(-c5ccccc5)nc34)cc2)cc1. The summed E-state index contributed by atoms with van der Waals surface area (Å²) < 4.78 is 13.3. The van der Waals surface area contributed by atoms with Crippen molar-refractivity contribution in [3.63, 3.8) is 0 Å². The minimum Gasteiger partial charge on any atom is -0.436 e. The fourth-order valence-corrected chi connectivity index (χ4v) is 12.5. The zero-order chi connectivity index (χ0) is 58.3. The Bertz CT molecular complexity index is 5180. The number of para-hydroxylation sites is 2. The second-order valence-electron chi connectivity index (χ2n) is 22.0. The Balaban J connectivity index is 0.771. The molecule has 6 nitrogen and oxygen atoms in total. The largest absolute Gasteiger partial charge is 0.436 e. The zero-order valence-corrected chi connectivity index (χ0v) is 47.8. The van der Waals surface area contributed by atoms with Crippen molar-refractivity contribution >= 4 is 77.9 Å². The van der Waals surface area contributed by atoms with Crippen LogP contribution in [-0.4, -0.2) is 9.97 Å². The molecule has 0 aliphatic heterocycles. The van der Waals surface area contributed by atoms with Crippen LogP contribution in [0.1, 0.15) is 0 Å². The smallest absolute Gasteiger partial charge is 0.227 e. The van der Waals surface area contributed by atoms with Crippen molar-refractivity contribution in [2.75, 3.05) is 9.80 Å². The van der Waals surface area contributed by atoms with E-state index in [1.165, 1.54) is 11.1 Å². The Morgan fingerprint density at radius 2 is 0.625 bits per heavy atom. The van der Waals surface area contributed by atoms with Crippen molar-refractivity contribution in [2.45, 2.75) is 0 Å². The van der Waals surface area contributed by atoms with Crippen LogP contribution < -0.4 is 9.80 Å². The van der Waals surface area contributed by atoms with Gasteiger partial charge in [-0.2, -0.15) is 0 Å². The molecule has 0 aliphatic rings. The van der Waals surface area contributed by atoms with Crippen LogP contribution in [0.2, 0.25) is 0 Å². The quantitative estimate of drug-likeness (QED) is 0.115. The standard InChI is InChI=1S/C82H54N4O2/c1-5-21-55(22-6-1)57-43-47-63(48-44-57)85(74-35-17-15-30-66(74)59-25-9-3-10-26-59)77-38-20-34-72-70(77)51-53-73-80(72)88-81(83-73)62-41-39-60(40-42-62)65-29-13-14-31-67(65)68-32-16-18-36-75(68)86(64-49-45-58(46-50-64)56-23-7-2-8-24-56)76-37-19-33-71-69(76)52-54-78-79(71)84-82(87-78)61-27-11-4-12-28-61/h1-54H. The predicted octanol–water partition coefficient (Wildman–Crippen LogP) is 22.9. The molecule has 6 heteroatoms. The maximum atomic E-state index is 6.90. The third-order valence-corrected chi connectivity index (χ3v) is 16.8. The van der Waals surface area contributed by atoms with Gasteiger partial charge in [0.2, 0.25) is 11.8 Å². The van der Waals surface area contributed by atoms with Gasteiger partial charge in [0, 0.05) is 55.2 Å². The molecule has 0 saturated heterocycles. The van der Waals surface area contributed by atoms with Gasteiger partial charge in [0.1, 0.15) is 11.0 Å². The molecule has 0 spiro atoms. The number of aromatic nitrogens is 2. The lowest BCUT2D eigenvalue weighted by Gasteiger charge is -2.29. The van der Waals surface area contributed by atoms with Crippen LogP contribution in [0.25, 0.3) is 122 Å². The maximum Gasteiger partial charge on any atom is 0.227 e. The Morgan fingerprint density at radius 3 is 1.23 bits per heavy atom. The first kappa shape index (κ1) is 51.8. The van der Waals surface area contributed by atoms with Crippen LogP contribution in [0, 0.1) is 0 Å². The Hall–Kier alpha value is -11.9. The van der Waals surface area contributed by atoms with Gasteiger partial charge < -0.3 is 18.6 Å². The molecule has 0 atom stereocenters. The van der Waals surface area contributed by atoms with Crippen molar-refractivity contribution in [1.29, 1.82) is 0 Å². The average molecular weight is 1130 g/mol. The highest BCUT2D eigenvalue weighted by molar-refractivity contribution is 6.12. The lowest BCUT2D eigenvalue weighted by atomic mass is 9.92. The van der Waals surface area contributed by atoms with Gasteiger partial charge in [0.05, 0.1) is 22.7 Å². The molecular weight excluding hydrogens is 1070 g/mol. The first-order valence-electron chi connectivity index (χ1n) is 29.7. The summed E-state index contributed by atoms with van der Waals surface area (Å²) in [6.07, 6.45) is 0. The molecular formula is C82H54N4O2. The summed E-state index contributed by atoms with van der Waals surface area (Å²) in [5, 5.41) is 4.09. The van der Waals surface area contributed by atoms with Crippen LogP contribution in [0.3, 0.4) is 0 Å². The summed E-state index contributed by atoms with van der Waals surface area (Å²) in [6, 6.07) is 116. The van der Waals surface area contributed by atoms with Crippen LogP contribution >= 0.6 is 0 Å². The molecule has 14 aromatic carbocycles. The van der Waals surface area contributed by atoms with Crippen molar-refractivity contribution in [3.05, 3.63) is 328 Å². The predicted molar refractivity (Wildman–Crippen MR) is 364 cm³/mol. The van der Waals surface area contributed by atoms with E-state index in [4.69, 9.17) is 18.8 Å². The summed E-state index contributed by atoms with van der Waals surface area (Å²) in [5.74, 6) is 1.16. The molecule has 16 aromatic rings. The highest BCUT2D eigenvalue weighted by atomic mass is 16.4. The molecule has 88 heavy (non-hydrogen) atoms. The van der Waals surface area contributed by atoms with Gasteiger partial charge in [-0.05, 0) is 142 Å². The van der Waals surface area contributed by atoms with E-state index in [2.05, 4.69) is 307 Å². The molecule has 414 valence electrons. The van der Waals surface area contributed by atoms with Gasteiger partial charge in [-0.1, -0.05) is 231 Å². The van der Waals surface area contributed by atoms with E-state index in [-0.39, 0.29) is 0 Å². The second-order valence-corrected chi connectivity index (χ2v) is 22.0. The molecule has 0 N–H and O–H groups in total. The third-order valence-electron chi connectivity index (χ3n) is 16.8. The Kier molecular flexibility index (Phi) is 13.1. The molecule has 0 fully saturated rings. The van der Waals surface area contributed by atoms with Gasteiger partial charge in [-0.3, -0.25) is 0 Å². The number of oxazole rings is 2. The lowest BCUT2D eigenvalue weighted by molar-refractivity contribution is 0.620. The molecule has 2 heterocycles. The van der Waals surface area contributed by atoms with Gasteiger partial charge in [0.15, 0.2) is 11.2 Å². The first-order valence-corrected chi connectivity index (χ1v) is 29.7. The Labute approximate surface area is 509 Å². The fourth-order valence-electron chi connectivity index (χ4n) is 12.5. The van der Waals surface area contributed by atoms with Gasteiger partial charge in [0.25, 0.3) is 0 Å². The van der Waals surface area contributed by atoms with Crippen LogP contribution in [0.15, 0.2) is 336 Å². The number of rotatable bonds is 13. The first-order chi connectivity index (χ1) is 43.6. The van der Waals surface area contributed by atoms with E-state index in [1.54, 1.807) is 0 Å². The monoisotopic (exact) mass is 1130 g/mol. The molecule has 2 aromatic heterocycles. The number of fused-ring (bicyclic) bond motifs is 6. The van der Waals surface area contributed by atoms with Crippen molar-refractivity contribution in [2.24, 2.45) is 0 Å². The van der Waals surface area contributed by atoms with Gasteiger partial charge in [-0.25, -0.2) is 9.97 Å². The van der Waals surface area contributed by atoms with E-state index in [1.807, 2.05) is 30.3 Å². The molecule has 0 bridgehead atoms. The van der Waals surface area contributed by atoms with Crippen LogP contribution in [-0.2, 0) is 0 Å². The zero-order valence-electron chi connectivity index (χ0n) is 47.8. The van der Waals surface area contributed by atoms with Gasteiger partial charge >= 0.3 is 0 Å². The maximum absolute atomic E-state index is 6.90. The number of nitrogens with zero attached hydrogens (tertiary/aromatic N) is 4. The summed E-state index contributed by atoms with van der Waals surface area (Å²) >= 11 is 0. The van der Waals surface area contributed by atoms with E-state index in [9.17, 15) is 0 Å². The number of hydrogen-bond acceptors (Lipinski definition) is 6. The van der Waals surface area contributed by atoms with E-state index < -0.39 is 0 Å². The molecule has 0 aliphatic carbocycles. The minimum atomic E-state index is 0.559. The van der Waals surface area contributed by atoms with Crippen LogP contribution in [0.5, 0.6) is 0 Å². The number of benzene rings is 14. The highest BCUT2D eigenvalue weighted by Crippen LogP contribution is 2.49. The topological polar surface area (TPSA) is 58.5 Å². The second kappa shape index (κ2) is 22.3. The Morgan fingerprint density at radius 1 is 0.227 bits per heavy atom. The minimum absolute atomic E-state index is 0.559.